The van der Waals surface area contributed by atoms with E-state index in [-0.39, 0.29) is 57.4 Å². The lowest BCUT2D eigenvalue weighted by atomic mass is 9.67. The molecule has 450 valence electrons. The Bertz CT molecular complexity index is 3070. The number of hydrogen-bond acceptors (Lipinski definition) is 14. The number of carbonyl (C=O) groups excluding carboxylic acids is 10. The molecule has 3 aromatic rings. The third-order valence-electron chi connectivity index (χ3n) is 15.9. The third-order valence-corrected chi connectivity index (χ3v) is 15.9. The van der Waals surface area contributed by atoms with Gasteiger partial charge in [-0.3, -0.25) is 28.8 Å². The van der Waals surface area contributed by atoms with Crippen molar-refractivity contribution in [3.63, 3.8) is 0 Å². The lowest BCUT2D eigenvalue weighted by Gasteiger charge is -2.40. The Morgan fingerprint density at radius 3 is 1.88 bits per heavy atom. The highest BCUT2D eigenvalue weighted by atomic mass is 16.6. The number of benzene rings is 3. The number of likely N-dealkylation sites (N-methyl/N-ethyl adjacent to an activating group) is 2. The van der Waals surface area contributed by atoms with Crippen molar-refractivity contribution in [2.45, 2.75) is 104 Å². The summed E-state index contributed by atoms with van der Waals surface area (Å²) < 4.78 is 17.0. The molecule has 24 nitrogen and oxygen atoms in total. The molecule has 4 atom stereocenters. The molecule has 0 radical (unpaired) electrons. The fourth-order valence-electron chi connectivity index (χ4n) is 10.9. The highest BCUT2D eigenvalue weighted by molar-refractivity contribution is 6.09. The van der Waals surface area contributed by atoms with E-state index in [1.54, 1.807) is 58.2 Å². The van der Waals surface area contributed by atoms with Crippen LogP contribution < -0.4 is 43.0 Å². The van der Waals surface area contributed by atoms with Gasteiger partial charge in [-0.15, -0.1) is 0 Å². The SMILES string of the molecule is CC1=C2C(=CC(C)(C)[C@H]2OC(=O)N(C)CCN(C)C(=O)OCc2ccc(NC(=O)[C@H](CCCNC(N)=O)NC(=O)[C@@H](NC(=O)CNC(=O)CNC(=O)CNC(=O)OCC3c4ccccc4-c4ccccc43)C(C)C)cc2)C(=O)[C@](C)(O)C12CC2. The molecule has 0 aromatic heterocycles. The lowest BCUT2D eigenvalue weighted by Crippen LogP contribution is -2.56. The van der Waals surface area contributed by atoms with E-state index >= 15 is 0 Å². The minimum absolute atomic E-state index is 0.0425. The Hall–Kier alpha value is -8.80. The smallest absolute Gasteiger partial charge is 0.410 e. The van der Waals surface area contributed by atoms with Gasteiger partial charge in [0.15, 0.2) is 5.78 Å². The standard InChI is InChI=1S/C60H76N10O14/c1-34(2)49(68-47(73)31-64-45(71)29-63-46(72)30-65-55(78)82-33-43-40-16-11-9-14-38(40)39-15-10-12-17-41(39)43)53(76)67-44(18-13-25-62-54(61)77)52(75)66-37-21-19-36(20-22-37)32-83-56(79)69(7)26-27-70(8)57(80)84-51-48-35(3)60(23-24-60)59(6,81)50(74)42(48)28-58(51,4)5/h9-12,14-17,19-22,28,34,43-44,49,51,81H,13,18,23-27,29-33H2,1-8H3,(H,63,72)(H,64,71)(H,65,78)(H,66,75)(H,67,76)(H,68,73)(H3,61,62,77)/t44-,49-,51-,59-/m0/s1. The average molecular weight is 1160 g/mol. The summed E-state index contributed by atoms with van der Waals surface area (Å²) in [6.45, 7) is 9.16. The number of Topliss-reactive ketones (excluding diaryl/α,β-unsaturated/α-hetero) is 1. The minimum atomic E-state index is -1.53. The highest BCUT2D eigenvalue weighted by Crippen LogP contribution is 2.66. The molecule has 4 aliphatic rings. The van der Waals surface area contributed by atoms with Crippen LogP contribution in [0.2, 0.25) is 0 Å². The number of nitrogens with two attached hydrogens (primary N) is 1. The molecule has 10 amide bonds. The van der Waals surface area contributed by atoms with E-state index in [4.69, 9.17) is 19.9 Å². The summed E-state index contributed by atoms with van der Waals surface area (Å²) >= 11 is 0. The van der Waals surface area contributed by atoms with Crippen LogP contribution in [0.3, 0.4) is 0 Å². The summed E-state index contributed by atoms with van der Waals surface area (Å²) in [6.07, 6.45) is 0.488. The number of urea groups is 1. The van der Waals surface area contributed by atoms with Gasteiger partial charge in [0.2, 0.25) is 29.5 Å². The zero-order chi connectivity index (χ0) is 61.3. The van der Waals surface area contributed by atoms with E-state index in [1.807, 2.05) is 69.3 Å². The Balaban J connectivity index is 0.816. The van der Waals surface area contributed by atoms with Crippen LogP contribution in [0.1, 0.15) is 89.8 Å². The number of anilines is 1. The quantitative estimate of drug-likeness (QED) is 0.0454. The number of rotatable bonds is 24. The molecule has 0 saturated heterocycles. The van der Waals surface area contributed by atoms with E-state index in [9.17, 15) is 53.1 Å². The number of aliphatic hydroxyl groups is 1. The predicted octanol–water partition coefficient (Wildman–Crippen LogP) is 3.87. The fraction of sp³-hybridized carbons (Fsp3) is 0.467. The first-order valence-corrected chi connectivity index (χ1v) is 27.9. The zero-order valence-electron chi connectivity index (χ0n) is 48.6. The predicted molar refractivity (Wildman–Crippen MR) is 307 cm³/mol. The van der Waals surface area contributed by atoms with Gasteiger partial charge >= 0.3 is 24.3 Å². The molecule has 0 aliphatic heterocycles. The number of amides is 10. The van der Waals surface area contributed by atoms with Gasteiger partial charge in [-0.2, -0.15) is 0 Å². The van der Waals surface area contributed by atoms with E-state index in [0.717, 1.165) is 27.8 Å². The van der Waals surface area contributed by atoms with E-state index in [1.165, 1.54) is 16.8 Å². The van der Waals surface area contributed by atoms with Gasteiger partial charge in [0.05, 0.1) is 13.1 Å². The molecular formula is C60H76N10O14. The second kappa shape index (κ2) is 26.6. The average Bonchev–Trinajstić information content (AvgIpc) is 3.85. The molecule has 4 aliphatic carbocycles. The minimum Gasteiger partial charge on any atom is -0.449 e. The lowest BCUT2D eigenvalue weighted by molar-refractivity contribution is -0.138. The van der Waals surface area contributed by atoms with Crippen molar-refractivity contribution >= 4 is 65.3 Å². The van der Waals surface area contributed by atoms with E-state index in [0.29, 0.717) is 35.2 Å². The van der Waals surface area contributed by atoms with Gasteiger partial charge in [-0.25, -0.2) is 19.2 Å². The molecule has 1 spiro atoms. The Labute approximate surface area is 487 Å². The van der Waals surface area contributed by atoms with Crippen LogP contribution in [0.4, 0.5) is 24.9 Å². The van der Waals surface area contributed by atoms with Crippen LogP contribution in [-0.2, 0) is 49.6 Å². The van der Waals surface area contributed by atoms with Crippen molar-refractivity contribution in [3.05, 3.63) is 112 Å². The van der Waals surface area contributed by atoms with Crippen LogP contribution in [0.15, 0.2) is 95.6 Å². The van der Waals surface area contributed by atoms with Crippen molar-refractivity contribution in [2.24, 2.45) is 22.5 Å². The van der Waals surface area contributed by atoms with Gasteiger partial charge in [0.1, 0.15) is 43.5 Å². The Morgan fingerprint density at radius 1 is 0.726 bits per heavy atom. The summed E-state index contributed by atoms with van der Waals surface area (Å²) in [5.74, 6) is -4.54. The number of ether oxygens (including phenoxy) is 3. The summed E-state index contributed by atoms with van der Waals surface area (Å²) in [4.78, 5) is 132. The first-order valence-electron chi connectivity index (χ1n) is 27.9. The van der Waals surface area contributed by atoms with Gasteiger partial charge < -0.3 is 72.1 Å². The maximum Gasteiger partial charge on any atom is 0.410 e. The summed E-state index contributed by atoms with van der Waals surface area (Å²) in [5.41, 5.74) is 9.28. The Morgan fingerprint density at radius 2 is 1.30 bits per heavy atom. The van der Waals surface area contributed by atoms with Crippen molar-refractivity contribution in [3.8, 4) is 11.1 Å². The van der Waals surface area contributed by atoms with Crippen molar-refractivity contribution in [1.29, 1.82) is 0 Å². The Kier molecular flexibility index (Phi) is 19.9. The maximum atomic E-state index is 13.7. The van der Waals surface area contributed by atoms with Gasteiger partial charge in [0, 0.05) is 67.3 Å². The van der Waals surface area contributed by atoms with Crippen LogP contribution in [-0.4, -0.2) is 158 Å². The van der Waals surface area contributed by atoms with Crippen LogP contribution in [0, 0.1) is 16.7 Å². The molecule has 10 N–H and O–H groups in total. The number of nitrogens with one attached hydrogen (secondary N) is 7. The summed E-state index contributed by atoms with van der Waals surface area (Å²) in [5, 5.41) is 28.8. The normalized spacial score (nSPS) is 18.3. The van der Waals surface area contributed by atoms with Crippen LogP contribution in [0.5, 0.6) is 0 Å². The number of nitrogens with zero attached hydrogens (tertiary/aromatic N) is 2. The van der Waals surface area contributed by atoms with Crippen molar-refractivity contribution in [1.82, 2.24) is 41.7 Å². The highest BCUT2D eigenvalue weighted by Gasteiger charge is 2.67. The van der Waals surface area contributed by atoms with Crippen LogP contribution in [0.25, 0.3) is 11.1 Å². The number of carbonyl (C=O) groups is 10. The van der Waals surface area contributed by atoms with E-state index < -0.39 is 114 Å². The molecule has 24 heteroatoms. The molecular weight excluding hydrogens is 1080 g/mol. The zero-order valence-corrected chi connectivity index (χ0v) is 48.6. The molecule has 1 saturated carbocycles. The molecule has 0 unspecified atom stereocenters. The molecule has 0 bridgehead atoms. The second-order valence-corrected chi connectivity index (χ2v) is 22.8. The van der Waals surface area contributed by atoms with Gasteiger partial charge in [0.25, 0.3) is 0 Å². The van der Waals surface area contributed by atoms with Crippen molar-refractivity contribution in [2.75, 3.05) is 65.3 Å². The number of fused-ring (bicyclic) bond motifs is 4. The van der Waals surface area contributed by atoms with Gasteiger partial charge in [-0.1, -0.05) is 100 Å². The molecule has 3 aromatic carbocycles. The first kappa shape index (κ1) is 62.8. The molecule has 84 heavy (non-hydrogen) atoms. The van der Waals surface area contributed by atoms with Crippen LogP contribution >= 0.6 is 0 Å². The molecule has 1 fully saturated rings. The number of alkyl carbamates (subject to hydrolysis) is 1. The largest absolute Gasteiger partial charge is 0.449 e. The fourth-order valence-corrected chi connectivity index (χ4v) is 10.9. The number of primary amides is 1. The monoisotopic (exact) mass is 1160 g/mol. The second-order valence-electron chi connectivity index (χ2n) is 22.8. The summed E-state index contributed by atoms with van der Waals surface area (Å²) in [6, 6.07) is 19.0. The van der Waals surface area contributed by atoms with Gasteiger partial charge in [-0.05, 0) is 85.4 Å². The number of hydrogen-bond donors (Lipinski definition) is 9. The summed E-state index contributed by atoms with van der Waals surface area (Å²) in [7, 11) is 3.06. The maximum absolute atomic E-state index is 13.7. The van der Waals surface area contributed by atoms with E-state index in [2.05, 4.69) is 37.2 Å². The topological polar surface area (TPSA) is 335 Å². The molecule has 0 heterocycles. The third kappa shape index (κ3) is 14.7. The molecule has 7 rings (SSSR count). The first-order chi connectivity index (χ1) is 39.7. The van der Waals surface area contributed by atoms with Crippen molar-refractivity contribution < 1.29 is 67.3 Å². The number of ketones is 1.